The molecule has 3 aromatic rings. The van der Waals surface area contributed by atoms with E-state index < -0.39 is 0 Å². The molecule has 1 saturated heterocycles. The molecule has 0 aliphatic carbocycles. The molecule has 0 unspecified atom stereocenters. The number of benzene rings is 3. The maximum absolute atomic E-state index is 5.54. The summed E-state index contributed by atoms with van der Waals surface area (Å²) in [6.07, 6.45) is 0. The molecule has 3 nitrogen and oxygen atoms in total. The first-order valence-electron chi connectivity index (χ1n) is 9.86. The SMILES string of the molecule is COc1ccc(C[NH+]2CCN(c3cc(C)ccc3C)CC2)c2ccccc12. The Labute approximate surface area is 162 Å². The van der Waals surface area contributed by atoms with E-state index in [2.05, 4.69) is 73.3 Å². The zero-order valence-corrected chi connectivity index (χ0v) is 16.6. The first-order valence-corrected chi connectivity index (χ1v) is 9.86. The predicted octanol–water partition coefficient (Wildman–Crippen LogP) is 3.37. The molecule has 27 heavy (non-hydrogen) atoms. The Morgan fingerprint density at radius 3 is 2.41 bits per heavy atom. The van der Waals surface area contributed by atoms with Gasteiger partial charge in [0.05, 0.1) is 33.3 Å². The van der Waals surface area contributed by atoms with Crippen LogP contribution in [0.15, 0.2) is 54.6 Å². The maximum Gasteiger partial charge on any atom is 0.126 e. The van der Waals surface area contributed by atoms with Crippen LogP contribution in [0.1, 0.15) is 16.7 Å². The van der Waals surface area contributed by atoms with Gasteiger partial charge in [0.2, 0.25) is 0 Å². The topological polar surface area (TPSA) is 16.9 Å². The smallest absolute Gasteiger partial charge is 0.126 e. The molecule has 3 heteroatoms. The number of ether oxygens (including phenoxy) is 1. The van der Waals surface area contributed by atoms with Gasteiger partial charge in [-0.15, -0.1) is 0 Å². The molecule has 0 atom stereocenters. The zero-order chi connectivity index (χ0) is 18.8. The average molecular weight is 362 g/mol. The molecule has 0 amide bonds. The fourth-order valence-electron chi connectivity index (χ4n) is 4.24. The van der Waals surface area contributed by atoms with Crippen molar-refractivity contribution in [3.05, 3.63) is 71.3 Å². The normalized spacial score (nSPS) is 15.3. The number of fused-ring (bicyclic) bond motifs is 1. The lowest BCUT2D eigenvalue weighted by atomic mass is 10.0. The van der Waals surface area contributed by atoms with E-state index in [1.54, 1.807) is 12.0 Å². The van der Waals surface area contributed by atoms with Gasteiger partial charge in [0.15, 0.2) is 0 Å². The summed E-state index contributed by atoms with van der Waals surface area (Å²) in [7, 11) is 1.75. The summed E-state index contributed by atoms with van der Waals surface area (Å²) >= 11 is 0. The third-order valence-corrected chi connectivity index (χ3v) is 5.81. The first-order chi connectivity index (χ1) is 13.2. The number of hydrogen-bond acceptors (Lipinski definition) is 2. The lowest BCUT2D eigenvalue weighted by Crippen LogP contribution is -3.13. The molecular formula is C24H29N2O+. The van der Waals surface area contributed by atoms with Crippen LogP contribution in [0, 0.1) is 13.8 Å². The number of rotatable bonds is 4. The summed E-state index contributed by atoms with van der Waals surface area (Å²) in [4.78, 5) is 4.21. The molecule has 0 aromatic heterocycles. The van der Waals surface area contributed by atoms with Crippen molar-refractivity contribution in [2.45, 2.75) is 20.4 Å². The fourth-order valence-corrected chi connectivity index (χ4v) is 4.24. The van der Waals surface area contributed by atoms with E-state index in [0.717, 1.165) is 25.4 Å². The van der Waals surface area contributed by atoms with Crippen LogP contribution in [-0.4, -0.2) is 33.3 Å². The lowest BCUT2D eigenvalue weighted by Gasteiger charge is -2.34. The number of nitrogens with one attached hydrogen (secondary N) is 1. The molecule has 1 fully saturated rings. The summed E-state index contributed by atoms with van der Waals surface area (Å²) in [5.74, 6) is 0.962. The third kappa shape index (κ3) is 3.65. The Morgan fingerprint density at radius 2 is 1.67 bits per heavy atom. The summed E-state index contributed by atoms with van der Waals surface area (Å²) in [6.45, 7) is 10.1. The molecule has 1 aliphatic heterocycles. The average Bonchev–Trinajstić information content (AvgIpc) is 2.71. The van der Waals surface area contributed by atoms with Gasteiger partial charge in [-0.25, -0.2) is 0 Å². The summed E-state index contributed by atoms with van der Waals surface area (Å²) in [5, 5.41) is 2.53. The van der Waals surface area contributed by atoms with Crippen molar-refractivity contribution in [2.24, 2.45) is 0 Å². The molecule has 140 valence electrons. The Bertz CT molecular complexity index is 942. The van der Waals surface area contributed by atoms with Crippen LogP contribution in [-0.2, 0) is 6.54 Å². The van der Waals surface area contributed by atoms with Gasteiger partial charge in [-0.05, 0) is 48.6 Å². The first kappa shape index (κ1) is 17.9. The van der Waals surface area contributed by atoms with Crippen molar-refractivity contribution in [2.75, 3.05) is 38.2 Å². The molecule has 1 N–H and O–H groups in total. The van der Waals surface area contributed by atoms with Crippen LogP contribution < -0.4 is 14.5 Å². The standard InChI is InChI=1S/C24H28N2O/c1-18-8-9-19(2)23(16-18)26-14-12-25(13-15-26)17-20-10-11-24(27-3)22-7-5-4-6-21(20)22/h4-11,16H,12-15,17H2,1-3H3/p+1. The van der Waals surface area contributed by atoms with E-state index in [4.69, 9.17) is 4.74 Å². The second-order valence-electron chi connectivity index (χ2n) is 7.68. The largest absolute Gasteiger partial charge is 0.496 e. The van der Waals surface area contributed by atoms with Gasteiger partial charge in [-0.3, -0.25) is 0 Å². The number of quaternary nitrogens is 1. The highest BCUT2D eigenvalue weighted by atomic mass is 16.5. The predicted molar refractivity (Wildman–Crippen MR) is 113 cm³/mol. The zero-order valence-electron chi connectivity index (χ0n) is 16.6. The molecule has 1 aliphatic rings. The molecule has 0 radical (unpaired) electrons. The van der Waals surface area contributed by atoms with Crippen molar-refractivity contribution in [3.63, 3.8) is 0 Å². The van der Waals surface area contributed by atoms with E-state index in [9.17, 15) is 0 Å². The van der Waals surface area contributed by atoms with Crippen molar-refractivity contribution >= 4 is 16.5 Å². The lowest BCUT2D eigenvalue weighted by molar-refractivity contribution is -0.914. The highest BCUT2D eigenvalue weighted by molar-refractivity contribution is 5.90. The Morgan fingerprint density at radius 1 is 0.926 bits per heavy atom. The fraction of sp³-hybridized carbons (Fsp3) is 0.333. The minimum atomic E-state index is 0.962. The van der Waals surface area contributed by atoms with Crippen LogP contribution in [0.4, 0.5) is 5.69 Å². The highest BCUT2D eigenvalue weighted by Gasteiger charge is 2.22. The molecule has 0 saturated carbocycles. The van der Waals surface area contributed by atoms with Gasteiger partial charge in [0.25, 0.3) is 0 Å². The molecule has 0 bridgehead atoms. The third-order valence-electron chi connectivity index (χ3n) is 5.81. The van der Waals surface area contributed by atoms with Gasteiger partial charge in [0.1, 0.15) is 12.3 Å². The van der Waals surface area contributed by atoms with Crippen LogP contribution >= 0.6 is 0 Å². The Balaban J connectivity index is 1.48. The van der Waals surface area contributed by atoms with Crippen LogP contribution in [0.5, 0.6) is 5.75 Å². The van der Waals surface area contributed by atoms with E-state index in [1.807, 2.05) is 0 Å². The number of piperazine rings is 1. The highest BCUT2D eigenvalue weighted by Crippen LogP contribution is 2.28. The van der Waals surface area contributed by atoms with Gasteiger partial charge in [-0.1, -0.05) is 36.4 Å². The number of hydrogen-bond donors (Lipinski definition) is 1. The number of nitrogens with zero attached hydrogens (tertiary/aromatic N) is 1. The number of aryl methyl sites for hydroxylation is 2. The van der Waals surface area contributed by atoms with Gasteiger partial charge in [-0.2, -0.15) is 0 Å². The molecule has 4 rings (SSSR count). The number of methoxy groups -OCH3 is 1. The van der Waals surface area contributed by atoms with Crippen LogP contribution in [0.3, 0.4) is 0 Å². The molecular weight excluding hydrogens is 332 g/mol. The van der Waals surface area contributed by atoms with Crippen LogP contribution in [0.25, 0.3) is 10.8 Å². The van der Waals surface area contributed by atoms with E-state index in [1.165, 1.54) is 46.2 Å². The molecule has 0 spiro atoms. The van der Waals surface area contributed by atoms with Crippen LogP contribution in [0.2, 0.25) is 0 Å². The minimum absolute atomic E-state index is 0.962. The van der Waals surface area contributed by atoms with Crippen molar-refractivity contribution in [1.29, 1.82) is 0 Å². The Kier molecular flexibility index (Phi) is 5.04. The van der Waals surface area contributed by atoms with Gasteiger partial charge < -0.3 is 14.5 Å². The van der Waals surface area contributed by atoms with E-state index >= 15 is 0 Å². The molecule has 1 heterocycles. The summed E-state index contributed by atoms with van der Waals surface area (Å²) < 4.78 is 5.54. The van der Waals surface area contributed by atoms with Crippen molar-refractivity contribution in [1.82, 2.24) is 0 Å². The summed E-state index contributed by atoms with van der Waals surface area (Å²) in [6, 6.07) is 19.7. The summed E-state index contributed by atoms with van der Waals surface area (Å²) in [5.41, 5.74) is 5.55. The van der Waals surface area contributed by atoms with Crippen molar-refractivity contribution in [3.8, 4) is 5.75 Å². The van der Waals surface area contributed by atoms with E-state index in [-0.39, 0.29) is 0 Å². The van der Waals surface area contributed by atoms with Gasteiger partial charge in [0, 0.05) is 16.6 Å². The Hall–Kier alpha value is -2.52. The van der Waals surface area contributed by atoms with Crippen molar-refractivity contribution < 1.29 is 9.64 Å². The quantitative estimate of drug-likeness (QED) is 0.767. The number of anilines is 1. The second kappa shape index (κ2) is 7.61. The van der Waals surface area contributed by atoms with Gasteiger partial charge >= 0.3 is 0 Å². The second-order valence-corrected chi connectivity index (χ2v) is 7.68. The minimum Gasteiger partial charge on any atom is -0.496 e. The molecule has 3 aromatic carbocycles. The van der Waals surface area contributed by atoms with E-state index in [0.29, 0.717) is 0 Å². The monoisotopic (exact) mass is 361 g/mol. The maximum atomic E-state index is 5.54.